The number of allylic oxidation sites excluding steroid dienone is 2. The first-order valence-electron chi connectivity index (χ1n) is 11.6. The summed E-state index contributed by atoms with van der Waals surface area (Å²) in [7, 11) is 0. The van der Waals surface area contributed by atoms with Gasteiger partial charge >= 0.3 is 0 Å². The third-order valence-electron chi connectivity index (χ3n) is 6.28. The summed E-state index contributed by atoms with van der Waals surface area (Å²) in [6, 6.07) is 13.8. The minimum absolute atomic E-state index is 0.0841. The minimum atomic E-state index is -0.344. The van der Waals surface area contributed by atoms with E-state index in [0.29, 0.717) is 60.3 Å². The number of hydrogen-bond acceptors (Lipinski definition) is 4. The number of halogens is 2. The van der Waals surface area contributed by atoms with E-state index in [1.807, 2.05) is 30.3 Å². The fourth-order valence-electron chi connectivity index (χ4n) is 4.62. The normalized spacial score (nSPS) is 15.0. The molecule has 0 aromatic heterocycles. The van der Waals surface area contributed by atoms with E-state index in [1.165, 1.54) is 6.07 Å². The van der Waals surface area contributed by atoms with Gasteiger partial charge in [0.2, 0.25) is 0 Å². The predicted molar refractivity (Wildman–Crippen MR) is 141 cm³/mol. The second kappa shape index (κ2) is 11.2. The maximum absolute atomic E-state index is 14.1. The van der Waals surface area contributed by atoms with Crippen LogP contribution < -0.4 is 0 Å². The van der Waals surface area contributed by atoms with Crippen molar-refractivity contribution in [3.63, 3.8) is 0 Å². The number of hydrogen-bond donors (Lipinski definition) is 2. The van der Waals surface area contributed by atoms with E-state index in [-0.39, 0.29) is 23.4 Å². The van der Waals surface area contributed by atoms with Crippen molar-refractivity contribution < 1.29 is 19.3 Å². The average molecular weight is 538 g/mol. The van der Waals surface area contributed by atoms with Gasteiger partial charge in [-0.2, -0.15) is 0 Å². The molecule has 1 atom stereocenters. The Kier molecular flexibility index (Phi) is 8.06. The van der Waals surface area contributed by atoms with Crippen LogP contribution in [0.1, 0.15) is 28.3 Å². The number of morpholine rings is 1. The molecule has 0 saturated carbocycles. The van der Waals surface area contributed by atoms with Crippen LogP contribution in [0.25, 0.3) is 11.1 Å². The van der Waals surface area contributed by atoms with Gasteiger partial charge in [-0.25, -0.2) is 4.39 Å². The number of phenols is 2. The Morgan fingerprint density at radius 2 is 1.63 bits per heavy atom. The van der Waals surface area contributed by atoms with Crippen molar-refractivity contribution in [2.24, 2.45) is 0 Å². The summed E-state index contributed by atoms with van der Waals surface area (Å²) in [4.78, 5) is 2.23. The van der Waals surface area contributed by atoms with Crippen molar-refractivity contribution >= 4 is 15.9 Å². The molecule has 1 unspecified atom stereocenters. The van der Waals surface area contributed by atoms with E-state index < -0.39 is 0 Å². The van der Waals surface area contributed by atoms with Crippen LogP contribution in [0.2, 0.25) is 0 Å². The number of nitrogens with zero attached hydrogens (tertiary/aromatic N) is 1. The molecule has 4 rings (SSSR count). The Labute approximate surface area is 214 Å². The largest absolute Gasteiger partial charge is 0.507 e. The van der Waals surface area contributed by atoms with E-state index in [9.17, 15) is 14.6 Å². The zero-order valence-corrected chi connectivity index (χ0v) is 21.1. The lowest BCUT2D eigenvalue weighted by Gasteiger charge is -2.36. The molecule has 3 aromatic carbocycles. The summed E-state index contributed by atoms with van der Waals surface area (Å²) in [5.41, 5.74) is 4.57. The van der Waals surface area contributed by atoms with Gasteiger partial charge in [-0.15, -0.1) is 13.2 Å². The topological polar surface area (TPSA) is 52.9 Å². The first-order chi connectivity index (χ1) is 16.9. The molecule has 1 aliphatic heterocycles. The van der Waals surface area contributed by atoms with Crippen molar-refractivity contribution in [2.75, 3.05) is 26.3 Å². The third kappa shape index (κ3) is 5.50. The van der Waals surface area contributed by atoms with Crippen LogP contribution in [-0.2, 0) is 17.6 Å². The quantitative estimate of drug-likeness (QED) is 0.320. The maximum atomic E-state index is 14.1. The van der Waals surface area contributed by atoms with Crippen LogP contribution in [0.4, 0.5) is 4.39 Å². The van der Waals surface area contributed by atoms with Crippen molar-refractivity contribution in [3.8, 4) is 22.6 Å². The predicted octanol–water partition coefficient (Wildman–Crippen LogP) is 6.55. The number of rotatable bonds is 8. The number of aromatic hydroxyl groups is 2. The van der Waals surface area contributed by atoms with Gasteiger partial charge in [0, 0.05) is 29.8 Å². The second-order valence-corrected chi connectivity index (χ2v) is 9.50. The van der Waals surface area contributed by atoms with Crippen molar-refractivity contribution in [1.29, 1.82) is 0 Å². The van der Waals surface area contributed by atoms with E-state index in [2.05, 4.69) is 34.0 Å². The lowest BCUT2D eigenvalue weighted by atomic mass is 9.89. The molecule has 1 aliphatic rings. The van der Waals surface area contributed by atoms with Crippen LogP contribution >= 0.6 is 15.9 Å². The molecule has 6 heteroatoms. The molecule has 4 nitrogen and oxygen atoms in total. The fourth-order valence-corrected chi connectivity index (χ4v) is 5.01. The molecule has 1 saturated heterocycles. The Hall–Kier alpha value is -2.93. The Bertz CT molecular complexity index is 1240. The Morgan fingerprint density at radius 1 is 0.943 bits per heavy atom. The van der Waals surface area contributed by atoms with Crippen molar-refractivity contribution in [1.82, 2.24) is 4.90 Å². The molecule has 0 amide bonds. The van der Waals surface area contributed by atoms with Crippen LogP contribution in [0.5, 0.6) is 11.5 Å². The summed E-state index contributed by atoms with van der Waals surface area (Å²) >= 11 is 3.32. The molecule has 0 spiro atoms. The minimum Gasteiger partial charge on any atom is -0.507 e. The molecule has 182 valence electrons. The first kappa shape index (κ1) is 25.2. The molecule has 0 radical (unpaired) electrons. The maximum Gasteiger partial charge on any atom is 0.137 e. The number of benzene rings is 3. The van der Waals surface area contributed by atoms with Gasteiger partial charge in [0.25, 0.3) is 0 Å². The molecule has 35 heavy (non-hydrogen) atoms. The third-order valence-corrected chi connectivity index (χ3v) is 6.88. The molecule has 1 fully saturated rings. The van der Waals surface area contributed by atoms with E-state index >= 15 is 0 Å². The van der Waals surface area contributed by atoms with Crippen molar-refractivity contribution in [3.05, 3.63) is 106 Å². The molecule has 0 aliphatic carbocycles. The molecular weight excluding hydrogens is 509 g/mol. The molecule has 0 bridgehead atoms. The van der Waals surface area contributed by atoms with Gasteiger partial charge < -0.3 is 14.9 Å². The SMILES string of the molecule is C=CCc1ccc(O)c(-c2cc(CC=C)cc(C(c3ccc(F)c(Br)c3)N3CCOCC3)c2O)c1. The summed E-state index contributed by atoms with van der Waals surface area (Å²) in [5.74, 6) is -0.174. The molecule has 3 aromatic rings. The highest BCUT2D eigenvalue weighted by molar-refractivity contribution is 9.10. The first-order valence-corrected chi connectivity index (χ1v) is 12.4. The summed E-state index contributed by atoms with van der Waals surface area (Å²) in [6.45, 7) is 10.2. The highest BCUT2D eigenvalue weighted by Gasteiger charge is 2.29. The Balaban J connectivity index is 1.94. The van der Waals surface area contributed by atoms with Gasteiger partial charge in [-0.05, 0) is 81.9 Å². The van der Waals surface area contributed by atoms with Crippen LogP contribution in [0.15, 0.2) is 78.3 Å². The highest BCUT2D eigenvalue weighted by atomic mass is 79.9. The number of phenolic OH excluding ortho intramolecular Hbond substituents is 2. The van der Waals surface area contributed by atoms with Crippen molar-refractivity contribution in [2.45, 2.75) is 18.9 Å². The van der Waals surface area contributed by atoms with Crippen LogP contribution in [0.3, 0.4) is 0 Å². The monoisotopic (exact) mass is 537 g/mol. The molecule has 2 N–H and O–H groups in total. The highest BCUT2D eigenvalue weighted by Crippen LogP contribution is 2.44. The zero-order chi connectivity index (χ0) is 24.9. The van der Waals surface area contributed by atoms with Gasteiger partial charge in [0.1, 0.15) is 17.3 Å². The number of ether oxygens (including phenoxy) is 1. The lowest BCUT2D eigenvalue weighted by Crippen LogP contribution is -2.39. The van der Waals surface area contributed by atoms with Gasteiger partial charge in [-0.3, -0.25) is 4.90 Å². The van der Waals surface area contributed by atoms with E-state index in [4.69, 9.17) is 4.74 Å². The second-order valence-electron chi connectivity index (χ2n) is 8.64. The lowest BCUT2D eigenvalue weighted by molar-refractivity contribution is 0.0235. The standard InChI is InChI=1S/C29H29BrFNO3/c1-3-5-19-7-10-27(33)22(15-19)23-16-20(6-4-2)17-24(29(23)34)28(32-11-13-35-14-12-32)21-8-9-26(31)25(30)18-21/h3-4,7-10,15-18,28,33-34H,1-2,5-6,11-14H2. The van der Waals surface area contributed by atoms with Crippen LogP contribution in [-0.4, -0.2) is 41.4 Å². The zero-order valence-electron chi connectivity index (χ0n) is 19.5. The molecule has 1 heterocycles. The van der Waals surface area contributed by atoms with Gasteiger partial charge in [-0.1, -0.05) is 24.3 Å². The molecular formula is C29H29BrFNO3. The summed E-state index contributed by atoms with van der Waals surface area (Å²) in [6.07, 6.45) is 4.85. The van der Waals surface area contributed by atoms with E-state index in [0.717, 1.165) is 16.7 Å². The van der Waals surface area contributed by atoms with Gasteiger partial charge in [0.15, 0.2) is 0 Å². The smallest absolute Gasteiger partial charge is 0.137 e. The van der Waals surface area contributed by atoms with E-state index in [1.54, 1.807) is 24.3 Å². The van der Waals surface area contributed by atoms with Crippen LogP contribution in [0, 0.1) is 5.82 Å². The Morgan fingerprint density at radius 3 is 2.31 bits per heavy atom. The average Bonchev–Trinajstić information content (AvgIpc) is 2.85. The fraction of sp³-hybridized carbons (Fsp3) is 0.241. The summed E-state index contributed by atoms with van der Waals surface area (Å²) in [5, 5.41) is 22.4. The summed E-state index contributed by atoms with van der Waals surface area (Å²) < 4.78 is 20.0. The van der Waals surface area contributed by atoms with Gasteiger partial charge in [0.05, 0.1) is 23.7 Å².